The Kier molecular flexibility index (Phi) is 5.47. The lowest BCUT2D eigenvalue weighted by molar-refractivity contribution is -0.676. The SMILES string of the molecule is N#CC1(NC(=O)C[NH2+]C(c2ccccc2)c2ccccc2)CCCC1. The molecule has 0 spiro atoms. The molecule has 1 amide bonds. The summed E-state index contributed by atoms with van der Waals surface area (Å²) in [5.74, 6) is -0.0692. The van der Waals surface area contributed by atoms with Crippen molar-refractivity contribution in [2.45, 2.75) is 37.3 Å². The largest absolute Gasteiger partial charge is 0.333 e. The number of nitriles is 1. The number of rotatable bonds is 6. The van der Waals surface area contributed by atoms with E-state index in [-0.39, 0.29) is 11.9 Å². The highest BCUT2D eigenvalue weighted by Crippen LogP contribution is 2.28. The van der Waals surface area contributed by atoms with E-state index in [4.69, 9.17) is 0 Å². The molecule has 1 fully saturated rings. The number of quaternary nitrogens is 1. The highest BCUT2D eigenvalue weighted by Gasteiger charge is 2.35. The number of nitrogens with one attached hydrogen (secondary N) is 1. The van der Waals surface area contributed by atoms with Gasteiger partial charge in [-0.05, 0) is 25.7 Å². The van der Waals surface area contributed by atoms with Crippen LogP contribution < -0.4 is 10.6 Å². The zero-order chi connectivity index (χ0) is 17.5. The minimum atomic E-state index is -0.653. The first-order valence-corrected chi connectivity index (χ1v) is 8.88. The summed E-state index contributed by atoms with van der Waals surface area (Å²) in [6.45, 7) is 0.303. The maximum absolute atomic E-state index is 12.4. The molecule has 1 aliphatic carbocycles. The van der Waals surface area contributed by atoms with Crippen molar-refractivity contribution >= 4 is 5.91 Å². The van der Waals surface area contributed by atoms with E-state index in [1.165, 1.54) is 0 Å². The van der Waals surface area contributed by atoms with Gasteiger partial charge in [0.15, 0.2) is 6.54 Å². The third-order valence-electron chi connectivity index (χ3n) is 4.91. The van der Waals surface area contributed by atoms with Crippen molar-refractivity contribution in [3.05, 3.63) is 71.8 Å². The first-order chi connectivity index (χ1) is 12.2. The highest BCUT2D eigenvalue weighted by molar-refractivity contribution is 5.78. The van der Waals surface area contributed by atoms with Gasteiger partial charge >= 0.3 is 0 Å². The molecule has 3 rings (SSSR count). The quantitative estimate of drug-likeness (QED) is 0.851. The summed E-state index contributed by atoms with van der Waals surface area (Å²) in [5.41, 5.74) is 1.68. The summed E-state index contributed by atoms with van der Waals surface area (Å²) < 4.78 is 0. The molecule has 1 aliphatic rings. The molecule has 0 atom stereocenters. The standard InChI is InChI=1S/C21H23N3O/c22-16-21(13-7-8-14-21)24-19(25)15-23-20(17-9-3-1-4-10-17)18-11-5-2-6-12-18/h1-6,9-12,20,23H,7-8,13-15H2,(H,24,25)/p+1. The van der Waals surface area contributed by atoms with Crippen molar-refractivity contribution in [3.8, 4) is 6.07 Å². The highest BCUT2D eigenvalue weighted by atomic mass is 16.2. The van der Waals surface area contributed by atoms with E-state index in [9.17, 15) is 10.1 Å². The minimum absolute atomic E-state index is 0.0646. The van der Waals surface area contributed by atoms with Gasteiger partial charge in [-0.3, -0.25) is 4.79 Å². The van der Waals surface area contributed by atoms with Gasteiger partial charge < -0.3 is 10.6 Å². The van der Waals surface area contributed by atoms with Gasteiger partial charge in [-0.15, -0.1) is 0 Å². The van der Waals surface area contributed by atoms with E-state index in [1.54, 1.807) is 0 Å². The predicted molar refractivity (Wildman–Crippen MR) is 96.5 cm³/mol. The summed E-state index contributed by atoms with van der Waals surface area (Å²) >= 11 is 0. The van der Waals surface area contributed by atoms with E-state index in [0.29, 0.717) is 6.54 Å². The first-order valence-electron chi connectivity index (χ1n) is 8.88. The number of hydrogen-bond acceptors (Lipinski definition) is 2. The number of carbonyl (C=O) groups excluding carboxylic acids is 1. The molecule has 0 radical (unpaired) electrons. The molecule has 0 aromatic heterocycles. The average molecular weight is 334 g/mol. The van der Waals surface area contributed by atoms with Crippen LogP contribution >= 0.6 is 0 Å². The average Bonchev–Trinajstić information content (AvgIpc) is 3.12. The van der Waals surface area contributed by atoms with Crippen molar-refractivity contribution in [2.75, 3.05) is 6.54 Å². The normalized spacial score (nSPS) is 15.7. The van der Waals surface area contributed by atoms with Crippen molar-refractivity contribution in [1.82, 2.24) is 5.32 Å². The fourth-order valence-electron chi connectivity index (χ4n) is 3.57. The van der Waals surface area contributed by atoms with Crippen molar-refractivity contribution in [2.24, 2.45) is 0 Å². The van der Waals surface area contributed by atoms with Crippen LogP contribution in [0.3, 0.4) is 0 Å². The summed E-state index contributed by atoms with van der Waals surface area (Å²) in [7, 11) is 0. The lowest BCUT2D eigenvalue weighted by atomic mass is 9.98. The van der Waals surface area contributed by atoms with E-state index < -0.39 is 5.54 Å². The maximum Gasteiger partial charge on any atom is 0.276 e. The fourth-order valence-corrected chi connectivity index (χ4v) is 3.57. The Morgan fingerprint density at radius 3 is 2.04 bits per heavy atom. The van der Waals surface area contributed by atoms with Gasteiger partial charge in [0.05, 0.1) is 6.07 Å². The van der Waals surface area contributed by atoms with Gasteiger partial charge in [-0.1, -0.05) is 60.7 Å². The Morgan fingerprint density at radius 2 is 1.56 bits per heavy atom. The molecule has 128 valence electrons. The molecule has 25 heavy (non-hydrogen) atoms. The number of hydrogen-bond donors (Lipinski definition) is 2. The monoisotopic (exact) mass is 334 g/mol. The van der Waals surface area contributed by atoms with Crippen LogP contribution in [0.4, 0.5) is 0 Å². The van der Waals surface area contributed by atoms with Crippen molar-refractivity contribution < 1.29 is 10.1 Å². The second kappa shape index (κ2) is 7.96. The predicted octanol–water partition coefficient (Wildman–Crippen LogP) is 2.29. The summed E-state index contributed by atoms with van der Waals surface area (Å²) in [4.78, 5) is 12.4. The van der Waals surface area contributed by atoms with Gasteiger partial charge in [-0.25, -0.2) is 0 Å². The maximum atomic E-state index is 12.4. The van der Waals surface area contributed by atoms with Crippen LogP contribution in [0, 0.1) is 11.3 Å². The van der Waals surface area contributed by atoms with Crippen LogP contribution in [0.1, 0.15) is 42.9 Å². The second-order valence-corrected chi connectivity index (χ2v) is 6.69. The van der Waals surface area contributed by atoms with Crippen molar-refractivity contribution in [1.29, 1.82) is 5.26 Å². The summed E-state index contributed by atoms with van der Waals surface area (Å²) in [6.07, 6.45) is 3.54. The van der Waals surface area contributed by atoms with Crippen molar-refractivity contribution in [3.63, 3.8) is 0 Å². The third-order valence-corrected chi connectivity index (χ3v) is 4.91. The van der Waals surface area contributed by atoms with Gasteiger partial charge in [-0.2, -0.15) is 5.26 Å². The zero-order valence-electron chi connectivity index (χ0n) is 14.3. The molecule has 0 saturated heterocycles. The van der Waals surface area contributed by atoms with Crippen LogP contribution in [-0.2, 0) is 4.79 Å². The number of nitrogens with zero attached hydrogens (tertiary/aromatic N) is 1. The topological polar surface area (TPSA) is 69.5 Å². The van der Waals surface area contributed by atoms with Crippen LogP contribution in [0.5, 0.6) is 0 Å². The first kappa shape index (κ1) is 17.2. The van der Waals surface area contributed by atoms with Gasteiger partial charge in [0.2, 0.25) is 0 Å². The molecule has 0 unspecified atom stereocenters. The Morgan fingerprint density at radius 1 is 1.04 bits per heavy atom. The Balaban J connectivity index is 1.69. The molecule has 0 aliphatic heterocycles. The van der Waals surface area contributed by atoms with Gasteiger partial charge in [0.1, 0.15) is 11.6 Å². The van der Waals surface area contributed by atoms with Crippen LogP contribution in [0.2, 0.25) is 0 Å². The lowest BCUT2D eigenvalue weighted by Gasteiger charge is -2.22. The van der Waals surface area contributed by atoms with Crippen LogP contribution in [-0.4, -0.2) is 18.0 Å². The van der Waals surface area contributed by atoms with Gasteiger partial charge in [0.25, 0.3) is 5.91 Å². The van der Waals surface area contributed by atoms with E-state index in [1.807, 2.05) is 41.7 Å². The van der Waals surface area contributed by atoms with E-state index in [0.717, 1.165) is 36.8 Å². The molecule has 2 aromatic carbocycles. The fraction of sp³-hybridized carbons (Fsp3) is 0.333. The second-order valence-electron chi connectivity index (χ2n) is 6.69. The number of nitrogens with two attached hydrogens (primary N) is 1. The van der Waals surface area contributed by atoms with Crippen LogP contribution in [0.15, 0.2) is 60.7 Å². The number of amides is 1. The molecular weight excluding hydrogens is 310 g/mol. The lowest BCUT2D eigenvalue weighted by Crippen LogP contribution is -2.88. The van der Waals surface area contributed by atoms with E-state index >= 15 is 0 Å². The third kappa shape index (κ3) is 4.26. The molecule has 0 bridgehead atoms. The molecule has 0 heterocycles. The van der Waals surface area contributed by atoms with Gasteiger partial charge in [0, 0.05) is 11.1 Å². The summed E-state index contributed by atoms with van der Waals surface area (Å²) in [6, 6.07) is 22.8. The Bertz CT molecular complexity index is 691. The Labute approximate surface area is 148 Å². The molecule has 3 N–H and O–H groups in total. The number of benzene rings is 2. The van der Waals surface area contributed by atoms with Crippen LogP contribution in [0.25, 0.3) is 0 Å². The molecule has 1 saturated carbocycles. The minimum Gasteiger partial charge on any atom is -0.333 e. The zero-order valence-corrected chi connectivity index (χ0v) is 14.3. The summed E-state index contributed by atoms with van der Waals surface area (Å²) in [5, 5.41) is 14.4. The molecule has 4 heteroatoms. The smallest absolute Gasteiger partial charge is 0.276 e. The van der Waals surface area contributed by atoms with E-state index in [2.05, 4.69) is 35.7 Å². The molecule has 4 nitrogen and oxygen atoms in total. The molecule has 2 aromatic rings. The number of carbonyl (C=O) groups is 1. The Hall–Kier alpha value is -2.64. The molecular formula is C21H24N3O+.